The topological polar surface area (TPSA) is 118 Å². The highest BCUT2D eigenvalue weighted by atomic mass is 127. The Kier molecular flexibility index (Phi) is 8.83. The number of para-hydroxylation sites is 2. The molecular weight excluding hydrogens is 802 g/mol. The van der Waals surface area contributed by atoms with Crippen LogP contribution in [0.4, 0.5) is 39.5 Å². The van der Waals surface area contributed by atoms with E-state index in [0.717, 1.165) is 7.14 Å². The lowest BCUT2D eigenvalue weighted by atomic mass is 10.1. The van der Waals surface area contributed by atoms with Crippen molar-refractivity contribution in [3.63, 3.8) is 0 Å². The molecule has 0 saturated heterocycles. The van der Waals surface area contributed by atoms with Crippen LogP contribution in [0.3, 0.4) is 0 Å². The molecule has 0 aliphatic carbocycles. The molecule has 0 saturated carbocycles. The Morgan fingerprint density at radius 2 is 0.917 bits per heavy atom. The van der Waals surface area contributed by atoms with E-state index in [1.165, 1.54) is 0 Å². The molecule has 0 aliphatic heterocycles. The van der Waals surface area contributed by atoms with Crippen molar-refractivity contribution >= 4 is 54.0 Å². The summed E-state index contributed by atoms with van der Waals surface area (Å²) in [7, 11) is -7.42. The van der Waals surface area contributed by atoms with Gasteiger partial charge in [0.1, 0.15) is 22.3 Å². The molecule has 0 unspecified atom stereocenters. The van der Waals surface area contributed by atoms with Crippen LogP contribution < -0.4 is 32.1 Å². The molecule has 0 bridgehead atoms. The van der Waals surface area contributed by atoms with Crippen molar-refractivity contribution in [2.45, 2.75) is 23.3 Å². The molecule has 48 heavy (non-hydrogen) atoms. The zero-order valence-electron chi connectivity index (χ0n) is 23.1. The van der Waals surface area contributed by atoms with E-state index in [1.54, 1.807) is 24.3 Å². The Morgan fingerprint density at radius 3 is 1.29 bits per heavy atom. The van der Waals surface area contributed by atoms with Crippen LogP contribution >= 0.6 is 0 Å². The fourth-order valence-electron chi connectivity index (χ4n) is 4.31. The Bertz CT molecular complexity index is 2310. The van der Waals surface area contributed by atoms with Crippen molar-refractivity contribution in [1.82, 2.24) is 0 Å². The second-order valence-electron chi connectivity index (χ2n) is 9.85. The molecular formula is C30H14F9IO7S. The summed E-state index contributed by atoms with van der Waals surface area (Å²) in [4.78, 5) is 25.9. The van der Waals surface area contributed by atoms with E-state index >= 15 is 0 Å². The SMILES string of the molecule is O=S(=O)([O-])C(F)(F)C(F)(F)C(F)(F)C(F)(F)F.O=c1c2ccccc2oc2ccc([I+]c3ccc4oc5ccccc5c(=O)c4c3)cc12. The van der Waals surface area contributed by atoms with Crippen LogP contribution in [0.1, 0.15) is 0 Å². The number of hydrogen-bond acceptors (Lipinski definition) is 7. The fraction of sp³-hybridized carbons (Fsp3) is 0.133. The van der Waals surface area contributed by atoms with Gasteiger partial charge in [0.15, 0.2) is 17.3 Å². The highest BCUT2D eigenvalue weighted by molar-refractivity contribution is 7.86. The van der Waals surface area contributed by atoms with E-state index in [2.05, 4.69) is 0 Å². The Balaban J connectivity index is 0.000000228. The van der Waals surface area contributed by atoms with Gasteiger partial charge in [0, 0.05) is 12.1 Å². The first-order chi connectivity index (χ1) is 22.2. The minimum absolute atomic E-state index is 0.0201. The number of rotatable bonds is 5. The molecule has 6 aromatic rings. The Hall–Kier alpha value is -4.17. The zero-order valence-corrected chi connectivity index (χ0v) is 26.1. The van der Waals surface area contributed by atoms with Crippen LogP contribution in [0, 0.1) is 7.14 Å². The first-order valence-electron chi connectivity index (χ1n) is 12.9. The van der Waals surface area contributed by atoms with Gasteiger partial charge in [0.25, 0.3) is 0 Å². The highest BCUT2D eigenvalue weighted by Crippen LogP contribution is 2.54. The van der Waals surface area contributed by atoms with E-state index < -0.39 is 54.6 Å². The van der Waals surface area contributed by atoms with E-state index in [9.17, 15) is 62.1 Å². The largest absolute Gasteiger partial charge is 0.743 e. The highest BCUT2D eigenvalue weighted by Gasteiger charge is 2.83. The van der Waals surface area contributed by atoms with Crippen LogP contribution in [0.25, 0.3) is 43.9 Å². The van der Waals surface area contributed by atoms with Gasteiger partial charge < -0.3 is 13.4 Å². The van der Waals surface area contributed by atoms with Gasteiger partial charge in [0.05, 0.1) is 21.5 Å². The summed E-state index contributed by atoms with van der Waals surface area (Å²) in [6, 6.07) is 26.2. The number of halogens is 10. The molecule has 0 radical (unpaired) electrons. The molecule has 6 rings (SSSR count). The minimum Gasteiger partial charge on any atom is -0.743 e. The quantitative estimate of drug-likeness (QED) is 0.110. The normalized spacial score (nSPS) is 13.2. The maximum absolute atomic E-state index is 12.9. The lowest BCUT2D eigenvalue weighted by molar-refractivity contribution is -0.597. The van der Waals surface area contributed by atoms with Gasteiger partial charge in [-0.1, -0.05) is 24.3 Å². The summed E-state index contributed by atoms with van der Waals surface area (Å²) in [6.45, 7) is 0. The standard InChI is InChI=1S/C26H14IO4.C4HF9O3S/c28-25-17-5-1-3-7-21(17)30-23-11-9-15(13-19(23)25)27-16-10-12-24-20(14-16)26(29)18-6-2-4-8-22(18)31-24;5-1(6,3(9,10)11)2(7,8)4(12,13)17(14,15)16/h1-14H;(H,14,15,16)/q+1;/p-1. The summed E-state index contributed by atoms with van der Waals surface area (Å²) >= 11 is -0.596. The maximum Gasteiger partial charge on any atom is 0.460 e. The van der Waals surface area contributed by atoms with Gasteiger partial charge in [-0.2, -0.15) is 39.5 Å². The van der Waals surface area contributed by atoms with Crippen molar-refractivity contribution < 1.29 is 82.5 Å². The zero-order chi connectivity index (χ0) is 35.4. The van der Waals surface area contributed by atoms with Gasteiger partial charge in [0.2, 0.25) is 10.9 Å². The van der Waals surface area contributed by atoms with Crippen LogP contribution in [-0.4, -0.2) is 36.2 Å². The molecule has 2 heterocycles. The molecule has 252 valence electrons. The van der Waals surface area contributed by atoms with Crippen molar-refractivity contribution in [3.8, 4) is 0 Å². The second-order valence-corrected chi connectivity index (χ2v) is 14.3. The van der Waals surface area contributed by atoms with Crippen LogP contribution in [0.5, 0.6) is 0 Å². The molecule has 0 N–H and O–H groups in total. The van der Waals surface area contributed by atoms with Crippen LogP contribution in [-0.2, 0) is 10.1 Å². The molecule has 4 aromatic carbocycles. The number of benzene rings is 4. The lowest BCUT2D eigenvalue weighted by Gasteiger charge is -2.34. The third-order valence-corrected chi connectivity index (χ3v) is 10.2. The first-order valence-corrected chi connectivity index (χ1v) is 16.5. The monoisotopic (exact) mass is 816 g/mol. The van der Waals surface area contributed by atoms with Crippen molar-refractivity contribution in [3.05, 3.63) is 113 Å². The molecule has 2 aromatic heterocycles. The average Bonchev–Trinajstić information content (AvgIpc) is 3.01. The van der Waals surface area contributed by atoms with E-state index in [4.69, 9.17) is 8.83 Å². The summed E-state index contributed by atoms with van der Waals surface area (Å²) < 4.78 is 149. The minimum atomic E-state index is -7.43. The summed E-state index contributed by atoms with van der Waals surface area (Å²) in [5.41, 5.74) is 2.32. The van der Waals surface area contributed by atoms with Crippen molar-refractivity contribution in [2.24, 2.45) is 0 Å². The molecule has 0 atom stereocenters. The predicted octanol–water partition coefficient (Wildman–Crippen LogP) is 4.29. The van der Waals surface area contributed by atoms with Crippen LogP contribution in [0.2, 0.25) is 0 Å². The predicted molar refractivity (Wildman–Crippen MR) is 148 cm³/mol. The number of fused-ring (bicyclic) bond motifs is 4. The van der Waals surface area contributed by atoms with E-state index in [0.29, 0.717) is 43.9 Å². The van der Waals surface area contributed by atoms with E-state index in [1.807, 2.05) is 60.7 Å². The fourth-order valence-corrected chi connectivity index (χ4v) is 7.13. The molecule has 0 amide bonds. The first kappa shape index (κ1) is 35.1. The van der Waals surface area contributed by atoms with E-state index in [-0.39, 0.29) is 10.9 Å². The summed E-state index contributed by atoms with van der Waals surface area (Å²) in [5.74, 6) is -14.8. The molecule has 0 spiro atoms. The number of hydrogen-bond donors (Lipinski definition) is 0. The number of alkyl halides is 9. The average molecular weight is 816 g/mol. The second kappa shape index (κ2) is 12.1. The third kappa shape index (κ3) is 6.00. The maximum atomic E-state index is 12.9. The van der Waals surface area contributed by atoms with Crippen molar-refractivity contribution in [2.75, 3.05) is 0 Å². The third-order valence-electron chi connectivity index (χ3n) is 6.72. The molecule has 0 fully saturated rings. The van der Waals surface area contributed by atoms with Crippen LogP contribution in [0.15, 0.2) is 103 Å². The van der Waals surface area contributed by atoms with Gasteiger partial charge in [-0.15, -0.1) is 0 Å². The van der Waals surface area contributed by atoms with Crippen molar-refractivity contribution in [1.29, 1.82) is 0 Å². The smallest absolute Gasteiger partial charge is 0.460 e. The Labute approximate surface area is 271 Å². The lowest BCUT2D eigenvalue weighted by Crippen LogP contribution is -3.61. The summed E-state index contributed by atoms with van der Waals surface area (Å²) in [5, 5.41) is -4.77. The van der Waals surface area contributed by atoms with Gasteiger partial charge in [-0.25, -0.2) is 8.42 Å². The molecule has 7 nitrogen and oxygen atoms in total. The van der Waals surface area contributed by atoms with Gasteiger partial charge in [-0.3, -0.25) is 9.59 Å². The Morgan fingerprint density at radius 1 is 0.542 bits per heavy atom. The van der Waals surface area contributed by atoms with Gasteiger partial charge in [-0.05, 0) is 48.5 Å². The summed E-state index contributed by atoms with van der Waals surface area (Å²) in [6.07, 6.45) is -7.16. The van der Waals surface area contributed by atoms with Gasteiger partial charge >= 0.3 is 44.5 Å². The molecule has 18 heteroatoms. The molecule has 0 aliphatic rings.